The van der Waals surface area contributed by atoms with Crippen molar-refractivity contribution in [1.29, 1.82) is 0 Å². The zero-order valence-corrected chi connectivity index (χ0v) is 11.6. The minimum Gasteiger partial charge on any atom is -0.354 e. The van der Waals surface area contributed by atoms with E-state index >= 15 is 0 Å². The topological polar surface area (TPSA) is 54.8 Å². The number of hydrogen-bond donors (Lipinski definition) is 2. The maximum absolute atomic E-state index is 4.75. The Morgan fingerprint density at radius 3 is 2.90 bits per heavy atom. The summed E-state index contributed by atoms with van der Waals surface area (Å²) in [7, 11) is 0. The first kappa shape index (κ1) is 11.9. The van der Waals surface area contributed by atoms with E-state index in [1.807, 2.05) is 0 Å². The number of benzene rings is 1. The normalized spacial score (nSPS) is 24.6. The number of aryl methyl sites for hydroxylation is 1. The summed E-state index contributed by atoms with van der Waals surface area (Å²) in [6, 6.07) is 8.89. The fourth-order valence-electron chi connectivity index (χ4n) is 3.16. The SMILES string of the molecule is Cc1ccc(-c2nc3n(n2)C2CCNCC2CN3)cc1. The van der Waals surface area contributed by atoms with Gasteiger partial charge >= 0.3 is 0 Å². The van der Waals surface area contributed by atoms with Crippen LogP contribution in [0.5, 0.6) is 0 Å². The highest BCUT2D eigenvalue weighted by atomic mass is 15.4. The molecule has 2 N–H and O–H groups in total. The third-order valence-electron chi connectivity index (χ3n) is 4.35. The molecule has 0 saturated carbocycles. The van der Waals surface area contributed by atoms with E-state index in [2.05, 4.69) is 51.5 Å². The minimum atomic E-state index is 0.485. The van der Waals surface area contributed by atoms with Gasteiger partial charge in [0.2, 0.25) is 5.95 Å². The Morgan fingerprint density at radius 2 is 2.05 bits per heavy atom. The van der Waals surface area contributed by atoms with Gasteiger partial charge in [-0.1, -0.05) is 29.8 Å². The zero-order valence-electron chi connectivity index (χ0n) is 11.6. The van der Waals surface area contributed by atoms with Gasteiger partial charge in [-0.15, -0.1) is 5.10 Å². The third kappa shape index (κ3) is 1.89. The number of aromatic nitrogens is 3. The molecule has 1 aromatic heterocycles. The first-order valence-corrected chi connectivity index (χ1v) is 7.29. The molecule has 0 aliphatic carbocycles. The Labute approximate surface area is 118 Å². The van der Waals surface area contributed by atoms with Gasteiger partial charge in [-0.25, -0.2) is 4.68 Å². The molecule has 3 heterocycles. The number of anilines is 1. The number of nitrogens with zero attached hydrogens (tertiary/aromatic N) is 3. The molecule has 0 bridgehead atoms. The highest BCUT2D eigenvalue weighted by Gasteiger charge is 2.33. The van der Waals surface area contributed by atoms with Crippen LogP contribution >= 0.6 is 0 Å². The Bertz CT molecular complexity index is 616. The number of rotatable bonds is 1. The van der Waals surface area contributed by atoms with Gasteiger partial charge in [0.05, 0.1) is 6.04 Å². The molecule has 20 heavy (non-hydrogen) atoms. The van der Waals surface area contributed by atoms with Crippen molar-refractivity contribution in [1.82, 2.24) is 20.1 Å². The second kappa shape index (κ2) is 4.59. The highest BCUT2D eigenvalue weighted by molar-refractivity contribution is 5.57. The molecule has 2 atom stereocenters. The maximum Gasteiger partial charge on any atom is 0.221 e. The van der Waals surface area contributed by atoms with Crippen molar-refractivity contribution < 1.29 is 0 Å². The van der Waals surface area contributed by atoms with Gasteiger partial charge in [0.1, 0.15) is 0 Å². The van der Waals surface area contributed by atoms with E-state index in [1.54, 1.807) is 0 Å². The Kier molecular flexibility index (Phi) is 2.73. The van der Waals surface area contributed by atoms with Crippen LogP contribution in [0.1, 0.15) is 18.0 Å². The van der Waals surface area contributed by atoms with E-state index < -0.39 is 0 Å². The Balaban J connectivity index is 1.71. The minimum absolute atomic E-state index is 0.485. The third-order valence-corrected chi connectivity index (χ3v) is 4.35. The van der Waals surface area contributed by atoms with Gasteiger partial charge < -0.3 is 10.6 Å². The molecule has 4 rings (SSSR count). The molecule has 1 fully saturated rings. The highest BCUT2D eigenvalue weighted by Crippen LogP contribution is 2.32. The number of piperidine rings is 1. The van der Waals surface area contributed by atoms with E-state index in [1.165, 1.54) is 5.56 Å². The van der Waals surface area contributed by atoms with Gasteiger partial charge in [-0.2, -0.15) is 4.98 Å². The van der Waals surface area contributed by atoms with Crippen LogP contribution in [-0.2, 0) is 0 Å². The summed E-state index contributed by atoms with van der Waals surface area (Å²) in [5.74, 6) is 2.36. The second-order valence-electron chi connectivity index (χ2n) is 5.77. The zero-order chi connectivity index (χ0) is 13.5. The smallest absolute Gasteiger partial charge is 0.221 e. The van der Waals surface area contributed by atoms with Crippen LogP contribution in [0.4, 0.5) is 5.95 Å². The monoisotopic (exact) mass is 269 g/mol. The number of fused-ring (bicyclic) bond motifs is 3. The summed E-state index contributed by atoms with van der Waals surface area (Å²) in [6.45, 7) is 5.22. The van der Waals surface area contributed by atoms with E-state index in [9.17, 15) is 0 Å². The molecular weight excluding hydrogens is 250 g/mol. The van der Waals surface area contributed by atoms with Crippen LogP contribution < -0.4 is 10.6 Å². The van der Waals surface area contributed by atoms with E-state index in [4.69, 9.17) is 5.10 Å². The number of nitrogens with one attached hydrogen (secondary N) is 2. The molecule has 1 saturated heterocycles. The van der Waals surface area contributed by atoms with Crippen molar-refractivity contribution >= 4 is 5.95 Å². The lowest BCUT2D eigenvalue weighted by molar-refractivity contribution is 0.237. The van der Waals surface area contributed by atoms with Crippen LogP contribution in [0.15, 0.2) is 24.3 Å². The number of hydrogen-bond acceptors (Lipinski definition) is 4. The first-order chi connectivity index (χ1) is 9.81. The quantitative estimate of drug-likeness (QED) is 0.829. The van der Waals surface area contributed by atoms with Crippen LogP contribution in [0.3, 0.4) is 0 Å². The lowest BCUT2D eigenvalue weighted by Crippen LogP contribution is -2.44. The van der Waals surface area contributed by atoms with Gasteiger partial charge in [-0.3, -0.25) is 0 Å². The lowest BCUT2D eigenvalue weighted by Gasteiger charge is -2.36. The van der Waals surface area contributed by atoms with E-state index in [-0.39, 0.29) is 0 Å². The molecule has 2 aliphatic heterocycles. The van der Waals surface area contributed by atoms with Gasteiger partial charge in [0.25, 0.3) is 0 Å². The summed E-state index contributed by atoms with van der Waals surface area (Å²) in [6.07, 6.45) is 1.13. The van der Waals surface area contributed by atoms with Crippen molar-refractivity contribution in [2.24, 2.45) is 5.92 Å². The van der Waals surface area contributed by atoms with Gasteiger partial charge in [-0.05, 0) is 19.9 Å². The standard InChI is InChI=1S/C15H19N5/c1-10-2-4-11(5-3-10)14-18-15-17-9-12-8-16-7-6-13(12)20(15)19-14/h2-5,12-13,16H,6-9H2,1H3,(H,17,18,19). The summed E-state index contributed by atoms with van der Waals surface area (Å²) >= 11 is 0. The largest absolute Gasteiger partial charge is 0.354 e. The van der Waals surface area contributed by atoms with E-state index in [0.29, 0.717) is 12.0 Å². The summed E-state index contributed by atoms with van der Waals surface area (Å²) in [4.78, 5) is 4.66. The molecule has 2 unspecified atom stereocenters. The van der Waals surface area contributed by atoms with Crippen molar-refractivity contribution in [3.8, 4) is 11.4 Å². The average Bonchev–Trinajstić information content (AvgIpc) is 2.92. The molecule has 0 spiro atoms. The molecule has 2 aromatic rings. The van der Waals surface area contributed by atoms with Crippen LogP contribution in [-0.4, -0.2) is 34.4 Å². The fourth-order valence-corrected chi connectivity index (χ4v) is 3.16. The Morgan fingerprint density at radius 1 is 1.20 bits per heavy atom. The van der Waals surface area contributed by atoms with Crippen LogP contribution in [0.25, 0.3) is 11.4 Å². The summed E-state index contributed by atoms with van der Waals surface area (Å²) in [5, 5.41) is 11.6. The molecule has 2 aliphatic rings. The molecule has 1 aromatic carbocycles. The molecule has 104 valence electrons. The van der Waals surface area contributed by atoms with Crippen LogP contribution in [0.2, 0.25) is 0 Å². The molecule has 0 amide bonds. The van der Waals surface area contributed by atoms with Gasteiger partial charge in [0, 0.05) is 24.6 Å². The first-order valence-electron chi connectivity index (χ1n) is 7.29. The van der Waals surface area contributed by atoms with Crippen molar-refractivity contribution in [2.45, 2.75) is 19.4 Å². The van der Waals surface area contributed by atoms with Crippen LogP contribution in [0, 0.1) is 12.8 Å². The predicted octanol–water partition coefficient (Wildman–Crippen LogP) is 1.83. The molecule has 0 radical (unpaired) electrons. The average molecular weight is 269 g/mol. The molecular formula is C15H19N5. The maximum atomic E-state index is 4.75. The van der Waals surface area contributed by atoms with Crippen molar-refractivity contribution in [2.75, 3.05) is 25.0 Å². The lowest BCUT2D eigenvalue weighted by atomic mass is 9.92. The molecule has 5 heteroatoms. The van der Waals surface area contributed by atoms with E-state index in [0.717, 1.165) is 43.4 Å². The summed E-state index contributed by atoms with van der Waals surface area (Å²) < 4.78 is 2.10. The van der Waals surface area contributed by atoms with Gasteiger partial charge in [0.15, 0.2) is 5.82 Å². The van der Waals surface area contributed by atoms with Crippen molar-refractivity contribution in [3.05, 3.63) is 29.8 Å². The Hall–Kier alpha value is -1.88. The summed E-state index contributed by atoms with van der Waals surface area (Å²) in [5.41, 5.74) is 2.35. The van der Waals surface area contributed by atoms with Crippen molar-refractivity contribution in [3.63, 3.8) is 0 Å². The fraction of sp³-hybridized carbons (Fsp3) is 0.467. The second-order valence-corrected chi connectivity index (χ2v) is 5.77. The predicted molar refractivity (Wildman–Crippen MR) is 78.7 cm³/mol. The molecule has 5 nitrogen and oxygen atoms in total.